The van der Waals surface area contributed by atoms with Crippen LogP contribution in [-0.2, 0) is 0 Å². The average molecular weight is 328 g/mol. The van der Waals surface area contributed by atoms with Gasteiger partial charge in [0, 0.05) is 23.3 Å². The van der Waals surface area contributed by atoms with Crippen molar-refractivity contribution in [3.63, 3.8) is 0 Å². The van der Waals surface area contributed by atoms with Gasteiger partial charge in [-0.1, -0.05) is 18.2 Å². The molecular weight excluding hydrogens is 312 g/mol. The summed E-state index contributed by atoms with van der Waals surface area (Å²) >= 11 is 0. The number of aromatic amines is 1. The second-order valence-electron chi connectivity index (χ2n) is 5.79. The minimum Gasteiger partial charge on any atom is -0.497 e. The molecule has 0 radical (unpaired) electrons. The minimum atomic E-state index is -0.103. The lowest BCUT2D eigenvalue weighted by atomic mass is 10.0. The van der Waals surface area contributed by atoms with Gasteiger partial charge in [-0.05, 0) is 59.0 Å². The van der Waals surface area contributed by atoms with Crippen molar-refractivity contribution < 1.29 is 4.74 Å². The number of hydrogen-bond acceptors (Lipinski definition) is 3. The first-order chi connectivity index (χ1) is 12.2. The molecule has 0 aliphatic carbocycles. The molecule has 0 aliphatic heterocycles. The number of hydrogen-bond donors (Lipinski definition) is 1. The quantitative estimate of drug-likeness (QED) is 0.611. The molecular formula is C21H16N2O2. The fraction of sp³-hybridized carbons (Fsp3) is 0.0476. The number of methoxy groups -OCH3 is 1. The SMILES string of the molecule is COc1cccc(-c2ccc3c(=O)[nH]c(-c4cccnc4)cc3c2)c1. The molecule has 0 fully saturated rings. The number of aromatic nitrogens is 2. The maximum Gasteiger partial charge on any atom is 0.256 e. The molecule has 0 bridgehead atoms. The van der Waals surface area contributed by atoms with Crippen molar-refractivity contribution in [3.8, 4) is 28.1 Å². The highest BCUT2D eigenvalue weighted by Gasteiger charge is 2.07. The third-order valence-corrected chi connectivity index (χ3v) is 4.22. The highest BCUT2D eigenvalue weighted by atomic mass is 16.5. The van der Waals surface area contributed by atoms with E-state index in [4.69, 9.17) is 4.74 Å². The summed E-state index contributed by atoms with van der Waals surface area (Å²) in [6.07, 6.45) is 3.45. The van der Waals surface area contributed by atoms with Crippen molar-refractivity contribution in [2.45, 2.75) is 0 Å². The van der Waals surface area contributed by atoms with E-state index in [0.717, 1.165) is 33.5 Å². The molecule has 4 heteroatoms. The Morgan fingerprint density at radius 3 is 2.56 bits per heavy atom. The summed E-state index contributed by atoms with van der Waals surface area (Å²) in [6, 6.07) is 19.5. The van der Waals surface area contributed by atoms with Gasteiger partial charge in [0.2, 0.25) is 0 Å². The Balaban J connectivity index is 1.88. The third-order valence-electron chi connectivity index (χ3n) is 4.22. The Labute approximate surface area is 144 Å². The predicted octanol–water partition coefficient (Wildman–Crippen LogP) is 4.27. The van der Waals surface area contributed by atoms with Gasteiger partial charge in [-0.25, -0.2) is 0 Å². The number of nitrogens with one attached hydrogen (secondary N) is 1. The Kier molecular flexibility index (Phi) is 3.78. The fourth-order valence-corrected chi connectivity index (χ4v) is 2.93. The molecule has 0 amide bonds. The number of rotatable bonds is 3. The maximum atomic E-state index is 12.4. The topological polar surface area (TPSA) is 55.0 Å². The highest BCUT2D eigenvalue weighted by molar-refractivity contribution is 5.89. The summed E-state index contributed by atoms with van der Waals surface area (Å²) in [5.74, 6) is 0.805. The zero-order valence-electron chi connectivity index (χ0n) is 13.7. The van der Waals surface area contributed by atoms with E-state index in [0.29, 0.717) is 5.39 Å². The minimum absolute atomic E-state index is 0.103. The molecule has 0 spiro atoms. The largest absolute Gasteiger partial charge is 0.497 e. The first-order valence-corrected chi connectivity index (χ1v) is 7.96. The number of fused-ring (bicyclic) bond motifs is 1. The van der Waals surface area contributed by atoms with E-state index in [1.54, 1.807) is 19.5 Å². The van der Waals surface area contributed by atoms with Crippen LogP contribution in [0.2, 0.25) is 0 Å². The third kappa shape index (κ3) is 2.90. The normalized spacial score (nSPS) is 10.8. The molecule has 0 saturated carbocycles. The molecule has 4 rings (SSSR count). The van der Waals surface area contributed by atoms with E-state index >= 15 is 0 Å². The van der Waals surface area contributed by atoms with Gasteiger partial charge in [-0.2, -0.15) is 0 Å². The van der Waals surface area contributed by atoms with Crippen LogP contribution < -0.4 is 10.3 Å². The lowest BCUT2D eigenvalue weighted by Gasteiger charge is -2.08. The van der Waals surface area contributed by atoms with Gasteiger partial charge in [-0.3, -0.25) is 9.78 Å². The van der Waals surface area contributed by atoms with E-state index in [1.165, 1.54) is 0 Å². The van der Waals surface area contributed by atoms with Crippen LogP contribution in [0.5, 0.6) is 5.75 Å². The Morgan fingerprint density at radius 2 is 1.76 bits per heavy atom. The first-order valence-electron chi connectivity index (χ1n) is 7.96. The maximum absolute atomic E-state index is 12.4. The van der Waals surface area contributed by atoms with Gasteiger partial charge < -0.3 is 9.72 Å². The second-order valence-corrected chi connectivity index (χ2v) is 5.79. The molecule has 122 valence electrons. The zero-order chi connectivity index (χ0) is 17.2. The van der Waals surface area contributed by atoms with Gasteiger partial charge in [-0.15, -0.1) is 0 Å². The monoisotopic (exact) mass is 328 g/mol. The Bertz CT molecular complexity index is 1100. The number of H-pyrrole nitrogens is 1. The van der Waals surface area contributed by atoms with Gasteiger partial charge in [0.1, 0.15) is 5.75 Å². The smallest absolute Gasteiger partial charge is 0.256 e. The van der Waals surface area contributed by atoms with Crippen LogP contribution >= 0.6 is 0 Å². The van der Waals surface area contributed by atoms with E-state index in [1.807, 2.05) is 60.7 Å². The van der Waals surface area contributed by atoms with Gasteiger partial charge in [0.05, 0.1) is 12.8 Å². The van der Waals surface area contributed by atoms with Crippen LogP contribution in [0, 0.1) is 0 Å². The molecule has 2 heterocycles. The summed E-state index contributed by atoms with van der Waals surface area (Å²) < 4.78 is 5.30. The highest BCUT2D eigenvalue weighted by Crippen LogP contribution is 2.27. The summed E-state index contributed by atoms with van der Waals surface area (Å²) in [7, 11) is 1.65. The number of nitrogens with zero attached hydrogens (tertiary/aromatic N) is 1. The van der Waals surface area contributed by atoms with E-state index in [-0.39, 0.29) is 5.56 Å². The summed E-state index contributed by atoms with van der Waals surface area (Å²) in [4.78, 5) is 19.5. The van der Waals surface area contributed by atoms with Gasteiger partial charge in [0.15, 0.2) is 0 Å². The van der Waals surface area contributed by atoms with Crippen LogP contribution in [0.15, 0.2) is 77.9 Å². The molecule has 4 nitrogen and oxygen atoms in total. The van der Waals surface area contributed by atoms with Crippen molar-refractivity contribution in [1.29, 1.82) is 0 Å². The molecule has 0 saturated heterocycles. The molecule has 0 unspecified atom stereocenters. The molecule has 0 aliphatic rings. The van der Waals surface area contributed by atoms with Crippen molar-refractivity contribution in [2.75, 3.05) is 7.11 Å². The van der Waals surface area contributed by atoms with E-state index < -0.39 is 0 Å². The van der Waals surface area contributed by atoms with Crippen LogP contribution in [-0.4, -0.2) is 17.1 Å². The molecule has 0 atom stereocenters. The average Bonchev–Trinajstić information content (AvgIpc) is 2.68. The standard InChI is InChI=1S/C21H16N2O2/c1-25-18-6-2-4-14(11-18)15-7-8-19-17(10-15)12-20(23-21(19)24)16-5-3-9-22-13-16/h2-13H,1H3,(H,23,24). The van der Waals surface area contributed by atoms with Crippen molar-refractivity contribution in [2.24, 2.45) is 0 Å². The van der Waals surface area contributed by atoms with E-state index in [2.05, 4.69) is 9.97 Å². The second kappa shape index (κ2) is 6.24. The summed E-state index contributed by atoms with van der Waals surface area (Å²) in [5, 5.41) is 1.56. The number of benzene rings is 2. The lowest BCUT2D eigenvalue weighted by molar-refractivity contribution is 0.415. The summed E-state index contributed by atoms with van der Waals surface area (Å²) in [6.45, 7) is 0. The zero-order valence-corrected chi connectivity index (χ0v) is 13.7. The van der Waals surface area contributed by atoms with Gasteiger partial charge >= 0.3 is 0 Å². The van der Waals surface area contributed by atoms with Gasteiger partial charge in [0.25, 0.3) is 5.56 Å². The number of pyridine rings is 2. The molecule has 4 aromatic rings. The molecule has 25 heavy (non-hydrogen) atoms. The van der Waals surface area contributed by atoms with Crippen LogP contribution in [0.1, 0.15) is 0 Å². The fourth-order valence-electron chi connectivity index (χ4n) is 2.93. The number of ether oxygens (including phenoxy) is 1. The Hall–Kier alpha value is -3.40. The predicted molar refractivity (Wildman–Crippen MR) is 99.8 cm³/mol. The summed E-state index contributed by atoms with van der Waals surface area (Å²) in [5.41, 5.74) is 3.62. The molecule has 2 aromatic heterocycles. The molecule has 2 aromatic carbocycles. The van der Waals surface area contributed by atoms with Crippen molar-refractivity contribution >= 4 is 10.8 Å². The molecule has 1 N–H and O–H groups in total. The van der Waals surface area contributed by atoms with Crippen molar-refractivity contribution in [3.05, 3.63) is 83.4 Å². The van der Waals surface area contributed by atoms with Crippen LogP contribution in [0.3, 0.4) is 0 Å². The Morgan fingerprint density at radius 1 is 0.920 bits per heavy atom. The van der Waals surface area contributed by atoms with Crippen molar-refractivity contribution in [1.82, 2.24) is 9.97 Å². The van der Waals surface area contributed by atoms with Crippen LogP contribution in [0.25, 0.3) is 33.2 Å². The van der Waals surface area contributed by atoms with Crippen LogP contribution in [0.4, 0.5) is 0 Å². The lowest BCUT2D eigenvalue weighted by Crippen LogP contribution is -2.07. The first kappa shape index (κ1) is 15.1. The van der Waals surface area contributed by atoms with E-state index in [9.17, 15) is 4.79 Å².